The van der Waals surface area contributed by atoms with Crippen molar-refractivity contribution >= 4 is 23.6 Å². The Bertz CT molecular complexity index is 932. The van der Waals surface area contributed by atoms with Crippen LogP contribution in [0.15, 0.2) is 52.2 Å². The van der Waals surface area contributed by atoms with E-state index >= 15 is 0 Å². The van der Waals surface area contributed by atoms with Crippen molar-refractivity contribution in [3.8, 4) is 0 Å². The Morgan fingerprint density at radius 2 is 1.61 bits per heavy atom. The number of amides is 2. The van der Waals surface area contributed by atoms with Crippen molar-refractivity contribution in [3.05, 3.63) is 64.0 Å². The van der Waals surface area contributed by atoms with Crippen LogP contribution in [0.5, 0.6) is 0 Å². The number of imide groups is 1. The number of hydrogen-bond donors (Lipinski definition) is 0. The third kappa shape index (κ3) is 3.67. The van der Waals surface area contributed by atoms with E-state index in [-0.39, 0.29) is 18.4 Å². The van der Waals surface area contributed by atoms with Gasteiger partial charge >= 0.3 is 0 Å². The predicted molar refractivity (Wildman–Crippen MR) is 107 cm³/mol. The first kappa shape index (κ1) is 18.7. The lowest BCUT2D eigenvalue weighted by molar-refractivity contribution is -0.138. The minimum atomic E-state index is -0.261. The van der Waals surface area contributed by atoms with Crippen LogP contribution >= 0.6 is 11.8 Å². The summed E-state index contributed by atoms with van der Waals surface area (Å²) in [4.78, 5) is 39.1. The number of rotatable bonds is 5. The van der Waals surface area contributed by atoms with Crippen LogP contribution in [0.2, 0.25) is 0 Å². The molecule has 0 aliphatic carbocycles. The van der Waals surface area contributed by atoms with Gasteiger partial charge in [-0.25, -0.2) is 9.97 Å². The average molecular weight is 395 g/mol. The highest BCUT2D eigenvalue weighted by atomic mass is 32.2. The molecule has 3 heterocycles. The summed E-state index contributed by atoms with van der Waals surface area (Å²) in [5, 5.41) is 0.506. The molecule has 0 saturated carbocycles. The second kappa shape index (κ2) is 7.75. The molecule has 2 aliphatic heterocycles. The molecular weight excluding hydrogens is 372 g/mol. The fourth-order valence-electron chi connectivity index (χ4n) is 3.59. The minimum Gasteiger partial charge on any atom is -0.366 e. The number of likely N-dealkylation sites (tertiary alicyclic amines) is 1. The summed E-state index contributed by atoms with van der Waals surface area (Å²) in [6, 6.07) is 11.5. The first-order valence-electron chi connectivity index (χ1n) is 9.42. The molecule has 0 N–H and O–H groups in total. The first-order valence-corrected chi connectivity index (χ1v) is 10.2. The molecule has 6 nitrogen and oxygen atoms in total. The van der Waals surface area contributed by atoms with Crippen LogP contribution in [0.3, 0.4) is 0 Å². The number of carbonyl (C=O) groups is 2. The van der Waals surface area contributed by atoms with Gasteiger partial charge in [0.2, 0.25) is 0 Å². The fourth-order valence-corrected chi connectivity index (χ4v) is 4.67. The van der Waals surface area contributed by atoms with Gasteiger partial charge in [-0.15, -0.1) is 0 Å². The highest BCUT2D eigenvalue weighted by Crippen LogP contribution is 2.37. The van der Waals surface area contributed by atoms with Gasteiger partial charge in [0.1, 0.15) is 10.6 Å². The number of nitrogens with zero attached hydrogens (tertiary/aromatic N) is 4. The largest absolute Gasteiger partial charge is 0.366 e. The Morgan fingerprint density at radius 1 is 0.964 bits per heavy atom. The van der Waals surface area contributed by atoms with Crippen LogP contribution in [-0.4, -0.2) is 44.7 Å². The van der Waals surface area contributed by atoms with Crippen LogP contribution in [0, 0.1) is 13.8 Å². The zero-order valence-electron chi connectivity index (χ0n) is 16.0. The van der Waals surface area contributed by atoms with Crippen LogP contribution in [0.25, 0.3) is 0 Å². The molecule has 0 radical (unpaired) electrons. The van der Waals surface area contributed by atoms with Crippen molar-refractivity contribution in [1.29, 1.82) is 0 Å². The van der Waals surface area contributed by atoms with E-state index in [1.54, 1.807) is 0 Å². The molecule has 0 atom stereocenters. The molecule has 1 fully saturated rings. The summed E-state index contributed by atoms with van der Waals surface area (Å²) in [6.45, 7) is 5.67. The number of aromatic nitrogens is 2. The Hall–Kier alpha value is -2.67. The molecule has 28 heavy (non-hydrogen) atoms. The second-order valence-electron chi connectivity index (χ2n) is 7.09. The lowest BCUT2D eigenvalue weighted by atomic mass is 10.2. The number of hydrogen-bond acceptors (Lipinski definition) is 6. The van der Waals surface area contributed by atoms with Crippen LogP contribution in [-0.2, 0) is 16.1 Å². The molecule has 1 aromatic heterocycles. The minimum absolute atomic E-state index is 0.220. The van der Waals surface area contributed by atoms with E-state index in [0.717, 1.165) is 42.9 Å². The summed E-state index contributed by atoms with van der Waals surface area (Å²) in [5.74, 6) is -0.480. The van der Waals surface area contributed by atoms with Crippen molar-refractivity contribution in [2.24, 2.45) is 0 Å². The lowest BCUT2D eigenvalue weighted by Gasteiger charge is -2.20. The van der Waals surface area contributed by atoms with Gasteiger partial charge in [-0.3, -0.25) is 14.5 Å². The molecule has 2 aliphatic rings. The highest BCUT2D eigenvalue weighted by molar-refractivity contribution is 8.04. The molecule has 7 heteroatoms. The van der Waals surface area contributed by atoms with E-state index in [1.165, 1.54) is 16.7 Å². The van der Waals surface area contributed by atoms with E-state index in [0.29, 0.717) is 15.8 Å². The van der Waals surface area contributed by atoms with Crippen molar-refractivity contribution in [1.82, 2.24) is 19.8 Å². The molecule has 4 rings (SSSR count). The number of aryl methyl sites for hydroxylation is 2. The molecule has 2 aromatic rings. The summed E-state index contributed by atoms with van der Waals surface area (Å²) in [6.07, 6.45) is 2.06. The lowest BCUT2D eigenvalue weighted by Crippen LogP contribution is -2.34. The topological polar surface area (TPSA) is 66.4 Å². The molecule has 0 unspecified atom stereocenters. The van der Waals surface area contributed by atoms with Crippen molar-refractivity contribution in [2.45, 2.75) is 38.4 Å². The number of benzene rings is 1. The zero-order valence-corrected chi connectivity index (χ0v) is 16.8. The van der Waals surface area contributed by atoms with Gasteiger partial charge in [-0.1, -0.05) is 30.3 Å². The SMILES string of the molecule is Cc1cc(C)nc(SC2=C(N3CCCC3)C(=O)N(Cc3ccccc3)C2=O)n1. The summed E-state index contributed by atoms with van der Waals surface area (Å²) in [5.41, 5.74) is 3.12. The second-order valence-corrected chi connectivity index (χ2v) is 8.07. The Kier molecular flexibility index (Phi) is 5.17. The maximum atomic E-state index is 13.2. The maximum absolute atomic E-state index is 13.2. The highest BCUT2D eigenvalue weighted by Gasteiger charge is 2.42. The van der Waals surface area contributed by atoms with Gasteiger partial charge in [0.25, 0.3) is 11.8 Å². The van der Waals surface area contributed by atoms with Gasteiger partial charge in [0.05, 0.1) is 6.54 Å². The molecule has 144 valence electrons. The fraction of sp³-hybridized carbons (Fsp3) is 0.333. The van der Waals surface area contributed by atoms with Gasteiger partial charge in [0.15, 0.2) is 5.16 Å². The quantitative estimate of drug-likeness (QED) is 0.574. The van der Waals surface area contributed by atoms with E-state index < -0.39 is 0 Å². The zero-order chi connectivity index (χ0) is 19.7. The average Bonchev–Trinajstić information content (AvgIpc) is 3.25. The molecule has 2 amide bonds. The summed E-state index contributed by atoms with van der Waals surface area (Å²) < 4.78 is 0. The van der Waals surface area contributed by atoms with Gasteiger partial charge < -0.3 is 4.90 Å². The van der Waals surface area contributed by atoms with Crippen molar-refractivity contribution in [3.63, 3.8) is 0 Å². The van der Waals surface area contributed by atoms with Crippen molar-refractivity contribution in [2.75, 3.05) is 13.1 Å². The van der Waals surface area contributed by atoms with Gasteiger partial charge in [0, 0.05) is 24.5 Å². The third-order valence-electron chi connectivity index (χ3n) is 4.86. The molecule has 1 aromatic carbocycles. The third-order valence-corrected chi connectivity index (χ3v) is 5.80. The standard InChI is InChI=1S/C21H22N4O2S/c1-14-12-15(2)23-21(22-14)28-18-17(24-10-6-7-11-24)19(26)25(20(18)27)13-16-8-4-3-5-9-16/h3-5,8-9,12H,6-7,10-11,13H2,1-2H3. The molecule has 0 bridgehead atoms. The summed E-state index contributed by atoms with van der Waals surface area (Å²) >= 11 is 1.20. The number of carbonyl (C=O) groups excluding carboxylic acids is 2. The smallest absolute Gasteiger partial charge is 0.278 e. The van der Waals surface area contributed by atoms with Gasteiger partial charge in [-0.05, 0) is 50.1 Å². The molecule has 1 saturated heterocycles. The van der Waals surface area contributed by atoms with E-state index in [1.807, 2.05) is 55.1 Å². The molecule has 0 spiro atoms. The van der Waals surface area contributed by atoms with Crippen LogP contribution < -0.4 is 0 Å². The maximum Gasteiger partial charge on any atom is 0.278 e. The summed E-state index contributed by atoms with van der Waals surface area (Å²) in [7, 11) is 0. The molecular formula is C21H22N4O2S. The van der Waals surface area contributed by atoms with E-state index in [4.69, 9.17) is 0 Å². The number of thioether (sulfide) groups is 1. The predicted octanol–water partition coefficient (Wildman–Crippen LogP) is 3.06. The van der Waals surface area contributed by atoms with E-state index in [2.05, 4.69) is 9.97 Å². The normalized spacial score (nSPS) is 17.2. The van der Waals surface area contributed by atoms with Crippen LogP contribution in [0.4, 0.5) is 0 Å². The van der Waals surface area contributed by atoms with E-state index in [9.17, 15) is 9.59 Å². The Morgan fingerprint density at radius 3 is 2.25 bits per heavy atom. The first-order chi connectivity index (χ1) is 13.5. The van der Waals surface area contributed by atoms with Gasteiger partial charge in [-0.2, -0.15) is 0 Å². The van der Waals surface area contributed by atoms with Crippen molar-refractivity contribution < 1.29 is 9.59 Å². The monoisotopic (exact) mass is 394 g/mol. The Labute approximate surface area is 168 Å². The van der Waals surface area contributed by atoms with Crippen LogP contribution in [0.1, 0.15) is 29.8 Å². The Balaban J connectivity index is 1.68.